The second-order valence-electron chi connectivity index (χ2n) is 6.81. The first-order valence-electron chi connectivity index (χ1n) is 8.85. The van der Waals surface area contributed by atoms with Gasteiger partial charge in [0.15, 0.2) is 0 Å². The third kappa shape index (κ3) is 5.10. The van der Waals surface area contributed by atoms with Gasteiger partial charge in [0.05, 0.1) is 12.8 Å². The summed E-state index contributed by atoms with van der Waals surface area (Å²) in [6.07, 6.45) is -3.91. The number of ether oxygens (including phenoxy) is 1. The minimum atomic E-state index is -4.63. The molecule has 6 nitrogen and oxygen atoms in total. The van der Waals surface area contributed by atoms with Crippen LogP contribution in [-0.4, -0.2) is 30.4 Å². The third-order valence-corrected chi connectivity index (χ3v) is 5.71. The van der Waals surface area contributed by atoms with Gasteiger partial charge in [-0.3, -0.25) is 0 Å². The Morgan fingerprint density at radius 3 is 2.33 bits per heavy atom. The molecule has 0 aliphatic carbocycles. The van der Waals surface area contributed by atoms with Crippen molar-refractivity contribution in [2.45, 2.75) is 6.18 Å². The topological polar surface area (TPSA) is 76.1 Å². The lowest BCUT2D eigenvalue weighted by molar-refractivity contribution is -0.137. The zero-order chi connectivity index (χ0) is 21.9. The van der Waals surface area contributed by atoms with E-state index in [2.05, 4.69) is 20.6 Å². The summed E-state index contributed by atoms with van der Waals surface area (Å²) >= 11 is 0. The first-order valence-corrected chi connectivity index (χ1v) is 11.4. The molecule has 30 heavy (non-hydrogen) atoms. The minimum absolute atomic E-state index is 0.0522. The lowest BCUT2D eigenvalue weighted by atomic mass is 10.2. The van der Waals surface area contributed by atoms with Crippen LogP contribution in [0.5, 0.6) is 5.75 Å². The summed E-state index contributed by atoms with van der Waals surface area (Å²) in [6, 6.07) is 13.3. The molecule has 0 spiro atoms. The Bertz CT molecular complexity index is 1090. The molecule has 3 aromatic rings. The van der Waals surface area contributed by atoms with E-state index >= 15 is 0 Å². The molecule has 0 amide bonds. The molecule has 0 atom stereocenters. The van der Waals surface area contributed by atoms with E-state index in [-0.39, 0.29) is 11.8 Å². The highest BCUT2D eigenvalue weighted by atomic mass is 31.2. The number of alkyl halides is 3. The fourth-order valence-corrected chi connectivity index (χ4v) is 3.50. The highest BCUT2D eigenvalue weighted by Gasteiger charge is 2.35. The SMILES string of the molecule is COc1cc(P(C)(C)=O)ccc1Nc1ncc(C(F)(F)F)c(Nc2ccccc2)n1. The molecule has 10 heteroatoms. The number of nitrogens with zero attached hydrogens (tertiary/aromatic N) is 2. The van der Waals surface area contributed by atoms with Crippen LogP contribution in [0.1, 0.15) is 5.56 Å². The summed E-state index contributed by atoms with van der Waals surface area (Å²) in [6.45, 7) is 3.27. The van der Waals surface area contributed by atoms with E-state index in [4.69, 9.17) is 4.74 Å². The van der Waals surface area contributed by atoms with Gasteiger partial charge < -0.3 is 19.9 Å². The smallest absolute Gasteiger partial charge is 0.421 e. The molecule has 0 saturated heterocycles. The number of rotatable bonds is 6. The lowest BCUT2D eigenvalue weighted by Gasteiger charge is -2.16. The first kappa shape index (κ1) is 21.6. The summed E-state index contributed by atoms with van der Waals surface area (Å²) < 4.78 is 57.8. The monoisotopic (exact) mass is 436 g/mol. The first-order chi connectivity index (χ1) is 14.1. The van der Waals surface area contributed by atoms with Gasteiger partial charge in [0.1, 0.15) is 24.3 Å². The number of methoxy groups -OCH3 is 1. The van der Waals surface area contributed by atoms with Crippen LogP contribution in [0, 0.1) is 0 Å². The van der Waals surface area contributed by atoms with Gasteiger partial charge in [-0.1, -0.05) is 18.2 Å². The quantitative estimate of drug-likeness (QED) is 0.515. The van der Waals surface area contributed by atoms with Gasteiger partial charge in [-0.15, -0.1) is 0 Å². The van der Waals surface area contributed by atoms with Crippen molar-refractivity contribution in [3.8, 4) is 5.75 Å². The van der Waals surface area contributed by atoms with E-state index < -0.39 is 18.9 Å². The largest absolute Gasteiger partial charge is 0.495 e. The lowest BCUT2D eigenvalue weighted by Crippen LogP contribution is -2.13. The maximum absolute atomic E-state index is 13.4. The number of benzene rings is 2. The molecule has 0 aliphatic heterocycles. The number of hydrogen-bond acceptors (Lipinski definition) is 6. The second kappa shape index (κ2) is 8.36. The van der Waals surface area contributed by atoms with E-state index in [1.165, 1.54) is 7.11 Å². The fourth-order valence-electron chi connectivity index (χ4n) is 2.64. The number of hydrogen-bond donors (Lipinski definition) is 2. The Balaban J connectivity index is 1.97. The molecule has 0 radical (unpaired) electrons. The highest BCUT2D eigenvalue weighted by molar-refractivity contribution is 7.70. The molecule has 0 bridgehead atoms. The Hall–Kier alpha value is -3.06. The van der Waals surface area contributed by atoms with E-state index in [0.29, 0.717) is 28.6 Å². The third-order valence-electron chi connectivity index (χ3n) is 4.18. The zero-order valence-corrected chi connectivity index (χ0v) is 17.4. The molecule has 158 valence electrons. The average Bonchev–Trinajstić information content (AvgIpc) is 2.67. The summed E-state index contributed by atoms with van der Waals surface area (Å²) in [5, 5.41) is 6.16. The van der Waals surface area contributed by atoms with Gasteiger partial charge in [-0.05, 0) is 43.7 Å². The predicted octanol–water partition coefficient (Wildman–Crippen LogP) is 5.24. The summed E-state index contributed by atoms with van der Waals surface area (Å²) in [5.74, 6) is -0.0606. The predicted molar refractivity (Wildman–Crippen MR) is 112 cm³/mol. The van der Waals surface area contributed by atoms with Crippen molar-refractivity contribution in [1.82, 2.24) is 9.97 Å². The van der Waals surface area contributed by atoms with E-state index in [0.717, 1.165) is 0 Å². The van der Waals surface area contributed by atoms with Crippen molar-refractivity contribution in [3.05, 3.63) is 60.3 Å². The summed E-state index contributed by atoms with van der Waals surface area (Å²) in [5.41, 5.74) is -0.103. The number of halogens is 3. The normalized spacial score (nSPS) is 11.8. The molecular formula is C20H20F3N4O2P. The molecule has 0 saturated carbocycles. The van der Waals surface area contributed by atoms with Crippen LogP contribution >= 0.6 is 7.14 Å². The Morgan fingerprint density at radius 1 is 1.03 bits per heavy atom. The van der Waals surface area contributed by atoms with Gasteiger partial charge in [-0.25, -0.2) is 4.98 Å². The highest BCUT2D eigenvalue weighted by Crippen LogP contribution is 2.38. The Kier molecular flexibility index (Phi) is 6.03. The average molecular weight is 436 g/mol. The Morgan fingerprint density at radius 2 is 1.73 bits per heavy atom. The van der Waals surface area contributed by atoms with Gasteiger partial charge >= 0.3 is 6.18 Å². The number of anilines is 4. The zero-order valence-electron chi connectivity index (χ0n) is 16.5. The molecular weight excluding hydrogens is 416 g/mol. The molecule has 1 heterocycles. The molecule has 0 fully saturated rings. The molecule has 0 unspecified atom stereocenters. The van der Waals surface area contributed by atoms with E-state index in [1.807, 2.05) is 0 Å². The van der Waals surface area contributed by atoms with Crippen LogP contribution in [0.4, 0.5) is 36.3 Å². The van der Waals surface area contributed by atoms with Crippen molar-refractivity contribution in [2.24, 2.45) is 0 Å². The number of aromatic nitrogens is 2. The molecule has 2 N–H and O–H groups in total. The number of para-hydroxylation sites is 1. The minimum Gasteiger partial charge on any atom is -0.495 e. The fraction of sp³-hybridized carbons (Fsp3) is 0.200. The van der Waals surface area contributed by atoms with Crippen molar-refractivity contribution < 1.29 is 22.5 Å². The van der Waals surface area contributed by atoms with Crippen LogP contribution < -0.4 is 20.7 Å². The van der Waals surface area contributed by atoms with Crippen molar-refractivity contribution in [1.29, 1.82) is 0 Å². The van der Waals surface area contributed by atoms with E-state index in [1.54, 1.807) is 61.9 Å². The maximum Gasteiger partial charge on any atom is 0.421 e. The van der Waals surface area contributed by atoms with Crippen molar-refractivity contribution in [3.63, 3.8) is 0 Å². The van der Waals surface area contributed by atoms with Gasteiger partial charge in [-0.2, -0.15) is 18.2 Å². The summed E-state index contributed by atoms with van der Waals surface area (Å²) in [4.78, 5) is 7.81. The number of nitrogens with one attached hydrogen (secondary N) is 2. The van der Waals surface area contributed by atoms with Gasteiger partial charge in [0, 0.05) is 17.2 Å². The van der Waals surface area contributed by atoms with E-state index in [9.17, 15) is 17.7 Å². The molecule has 3 rings (SSSR count). The Labute approximate surface area is 171 Å². The van der Waals surface area contributed by atoms with Crippen LogP contribution in [0.15, 0.2) is 54.7 Å². The van der Waals surface area contributed by atoms with Gasteiger partial charge in [0.2, 0.25) is 5.95 Å². The van der Waals surface area contributed by atoms with Crippen LogP contribution in [0.2, 0.25) is 0 Å². The van der Waals surface area contributed by atoms with Gasteiger partial charge in [0.25, 0.3) is 0 Å². The molecule has 2 aromatic carbocycles. The second-order valence-corrected chi connectivity index (χ2v) is 10.0. The molecule has 0 aliphatic rings. The maximum atomic E-state index is 13.4. The summed E-state index contributed by atoms with van der Waals surface area (Å²) in [7, 11) is -1.07. The van der Waals surface area contributed by atoms with Crippen LogP contribution in [0.25, 0.3) is 0 Å². The van der Waals surface area contributed by atoms with Crippen LogP contribution in [0.3, 0.4) is 0 Å². The van der Waals surface area contributed by atoms with Crippen LogP contribution in [-0.2, 0) is 10.7 Å². The molecule has 1 aromatic heterocycles. The standard InChI is InChI=1S/C20H20F3N4O2P/c1-29-17-11-14(30(2,3)28)9-10-16(17)26-19-24-12-15(20(21,22)23)18(27-19)25-13-7-5-4-6-8-13/h4-12H,1-3H3,(H2,24,25,26,27). The van der Waals surface area contributed by atoms with Crippen molar-refractivity contribution >= 4 is 35.6 Å². The van der Waals surface area contributed by atoms with Crippen molar-refractivity contribution in [2.75, 3.05) is 31.1 Å².